The predicted molar refractivity (Wildman–Crippen MR) is 59.6 cm³/mol. The van der Waals surface area contributed by atoms with E-state index >= 15 is 0 Å². The molecular weight excluding hydrogens is 206 g/mol. The van der Waals surface area contributed by atoms with Crippen LogP contribution in [0.5, 0.6) is 0 Å². The summed E-state index contributed by atoms with van der Waals surface area (Å²) < 4.78 is -0.497. The van der Waals surface area contributed by atoms with Gasteiger partial charge in [0.05, 0.1) is 6.07 Å². The van der Waals surface area contributed by atoms with Crippen molar-refractivity contribution in [2.75, 3.05) is 0 Å². The minimum Gasteiger partial charge on any atom is -0.300 e. The quantitative estimate of drug-likeness (QED) is 0.764. The molecule has 1 saturated carbocycles. The summed E-state index contributed by atoms with van der Waals surface area (Å²) in [5, 5.41) is 9.08. The van der Waals surface area contributed by atoms with Crippen LogP contribution in [-0.4, -0.2) is 10.5 Å². The van der Waals surface area contributed by atoms with Crippen molar-refractivity contribution in [3.05, 3.63) is 29.8 Å². The number of thioether (sulfide) groups is 1. The first-order valence-electron chi connectivity index (χ1n) is 4.83. The minimum atomic E-state index is -0.497. The van der Waals surface area contributed by atoms with E-state index in [4.69, 9.17) is 5.26 Å². The molecule has 0 aromatic heterocycles. The molecular formula is C12H11NOS. The molecule has 3 heteroatoms. The van der Waals surface area contributed by atoms with E-state index in [0.29, 0.717) is 12.8 Å². The van der Waals surface area contributed by atoms with Gasteiger partial charge in [-0.1, -0.05) is 18.2 Å². The van der Waals surface area contributed by atoms with Crippen molar-refractivity contribution in [2.24, 2.45) is 0 Å². The fourth-order valence-corrected chi connectivity index (χ4v) is 2.95. The van der Waals surface area contributed by atoms with E-state index in [0.717, 1.165) is 10.5 Å². The van der Waals surface area contributed by atoms with Crippen molar-refractivity contribution in [3.8, 4) is 6.07 Å². The summed E-state index contributed by atoms with van der Waals surface area (Å²) in [6.07, 6.45) is 0.783. The fourth-order valence-electron chi connectivity index (χ4n) is 1.64. The zero-order chi connectivity index (χ0) is 10.9. The number of Topliss-reactive ketones (excluding diaryl/α,β-unsaturated/α-hetero) is 1. The van der Waals surface area contributed by atoms with E-state index < -0.39 is 4.75 Å². The van der Waals surface area contributed by atoms with Crippen molar-refractivity contribution in [1.82, 2.24) is 0 Å². The van der Waals surface area contributed by atoms with Gasteiger partial charge >= 0.3 is 0 Å². The Morgan fingerprint density at radius 1 is 1.40 bits per heavy atom. The van der Waals surface area contributed by atoms with E-state index in [9.17, 15) is 4.79 Å². The average molecular weight is 217 g/mol. The molecule has 0 bridgehead atoms. The second-order valence-corrected chi connectivity index (χ2v) is 5.29. The fraction of sp³-hybridized carbons (Fsp3) is 0.333. The summed E-state index contributed by atoms with van der Waals surface area (Å²) >= 11 is 1.53. The van der Waals surface area contributed by atoms with Gasteiger partial charge in [0.2, 0.25) is 0 Å². The van der Waals surface area contributed by atoms with Crippen molar-refractivity contribution in [1.29, 1.82) is 5.26 Å². The number of nitrogens with zero attached hydrogens (tertiary/aromatic N) is 1. The van der Waals surface area contributed by atoms with Gasteiger partial charge in [-0.05, 0) is 18.6 Å². The van der Waals surface area contributed by atoms with Crippen LogP contribution in [0.1, 0.15) is 18.4 Å². The Kier molecular flexibility index (Phi) is 2.54. The number of aryl methyl sites for hydroxylation is 1. The molecule has 0 radical (unpaired) electrons. The summed E-state index contributed by atoms with van der Waals surface area (Å²) in [5.74, 6) is 0.192. The Balaban J connectivity index is 2.19. The van der Waals surface area contributed by atoms with Crippen molar-refractivity contribution in [3.63, 3.8) is 0 Å². The van der Waals surface area contributed by atoms with Gasteiger partial charge in [0.25, 0.3) is 0 Å². The molecule has 0 amide bonds. The highest BCUT2D eigenvalue weighted by molar-refractivity contribution is 8.01. The molecule has 0 N–H and O–H groups in total. The lowest BCUT2D eigenvalue weighted by molar-refractivity contribution is -0.124. The molecule has 1 aliphatic carbocycles. The lowest BCUT2D eigenvalue weighted by Crippen LogP contribution is -2.39. The Hall–Kier alpha value is -1.27. The molecule has 2 rings (SSSR count). The Labute approximate surface area is 93.3 Å². The molecule has 15 heavy (non-hydrogen) atoms. The maximum atomic E-state index is 11.0. The van der Waals surface area contributed by atoms with E-state index in [-0.39, 0.29) is 5.78 Å². The van der Waals surface area contributed by atoms with Crippen LogP contribution in [0.15, 0.2) is 29.2 Å². The van der Waals surface area contributed by atoms with E-state index in [1.807, 2.05) is 31.2 Å². The Morgan fingerprint density at radius 2 is 2.07 bits per heavy atom. The third-order valence-electron chi connectivity index (χ3n) is 2.57. The number of carbonyl (C=O) groups excluding carboxylic acids is 1. The molecule has 0 spiro atoms. The number of nitriles is 1. The van der Waals surface area contributed by atoms with Gasteiger partial charge in [-0.2, -0.15) is 5.26 Å². The normalized spacial score (nSPS) is 18.0. The van der Waals surface area contributed by atoms with Gasteiger partial charge < -0.3 is 0 Å². The minimum absolute atomic E-state index is 0.192. The summed E-state index contributed by atoms with van der Waals surface area (Å²) in [4.78, 5) is 12.1. The first-order chi connectivity index (χ1) is 7.15. The highest BCUT2D eigenvalue weighted by atomic mass is 32.2. The van der Waals surface area contributed by atoms with Gasteiger partial charge in [0.15, 0.2) is 0 Å². The molecule has 0 aliphatic heterocycles. The molecule has 76 valence electrons. The van der Waals surface area contributed by atoms with Crippen LogP contribution in [0.25, 0.3) is 0 Å². The lowest BCUT2D eigenvalue weighted by atomic mass is 9.84. The number of ketones is 1. The molecule has 1 fully saturated rings. The number of carbonyl (C=O) groups is 1. The Morgan fingerprint density at radius 3 is 2.60 bits per heavy atom. The van der Waals surface area contributed by atoms with Gasteiger partial charge in [0.1, 0.15) is 10.5 Å². The van der Waals surface area contributed by atoms with Crippen LogP contribution in [-0.2, 0) is 4.79 Å². The summed E-state index contributed by atoms with van der Waals surface area (Å²) in [7, 11) is 0. The summed E-state index contributed by atoms with van der Waals surface area (Å²) in [6.45, 7) is 2.02. The standard InChI is InChI=1S/C12H11NOS/c1-9-4-2-3-5-11(9)15-12(8-13)6-10(14)7-12/h2-5H,6-7H2,1H3. The molecule has 2 nitrogen and oxygen atoms in total. The van der Waals surface area contributed by atoms with E-state index in [1.54, 1.807) is 0 Å². The molecule has 0 saturated heterocycles. The molecule has 1 aromatic rings. The van der Waals surface area contributed by atoms with Crippen LogP contribution >= 0.6 is 11.8 Å². The smallest absolute Gasteiger partial charge is 0.137 e. The van der Waals surface area contributed by atoms with Gasteiger partial charge in [0, 0.05) is 17.7 Å². The summed E-state index contributed by atoms with van der Waals surface area (Å²) in [5.41, 5.74) is 1.16. The van der Waals surface area contributed by atoms with Crippen molar-refractivity contribution >= 4 is 17.5 Å². The number of benzene rings is 1. The monoisotopic (exact) mass is 217 g/mol. The van der Waals surface area contributed by atoms with Gasteiger partial charge in [-0.15, -0.1) is 11.8 Å². The lowest BCUT2D eigenvalue weighted by Gasteiger charge is -2.33. The largest absolute Gasteiger partial charge is 0.300 e. The van der Waals surface area contributed by atoms with Crippen LogP contribution in [0.4, 0.5) is 0 Å². The Bertz CT molecular complexity index is 439. The highest BCUT2D eigenvalue weighted by Crippen LogP contribution is 2.45. The first kappa shape index (κ1) is 10.3. The number of hydrogen-bond acceptors (Lipinski definition) is 3. The molecule has 1 aliphatic rings. The molecule has 1 aromatic carbocycles. The third kappa shape index (κ3) is 1.91. The van der Waals surface area contributed by atoms with Crippen LogP contribution in [0.3, 0.4) is 0 Å². The van der Waals surface area contributed by atoms with E-state index in [1.165, 1.54) is 11.8 Å². The number of hydrogen-bond donors (Lipinski definition) is 0. The average Bonchev–Trinajstić information content (AvgIpc) is 2.18. The van der Waals surface area contributed by atoms with Crippen molar-refractivity contribution in [2.45, 2.75) is 29.4 Å². The SMILES string of the molecule is Cc1ccccc1SC1(C#N)CC(=O)C1. The highest BCUT2D eigenvalue weighted by Gasteiger charge is 2.45. The topological polar surface area (TPSA) is 40.9 Å². The molecule has 0 unspecified atom stereocenters. The second-order valence-electron chi connectivity index (χ2n) is 3.87. The van der Waals surface area contributed by atoms with Crippen molar-refractivity contribution < 1.29 is 4.79 Å². The molecule has 0 atom stereocenters. The third-order valence-corrected chi connectivity index (χ3v) is 4.02. The van der Waals surface area contributed by atoms with Gasteiger partial charge in [-0.25, -0.2) is 0 Å². The summed E-state index contributed by atoms with van der Waals surface area (Å²) in [6, 6.07) is 10.2. The van der Waals surface area contributed by atoms with Crippen LogP contribution in [0.2, 0.25) is 0 Å². The zero-order valence-electron chi connectivity index (χ0n) is 8.49. The second kappa shape index (κ2) is 3.71. The maximum absolute atomic E-state index is 11.0. The number of rotatable bonds is 2. The van der Waals surface area contributed by atoms with Crippen LogP contribution < -0.4 is 0 Å². The predicted octanol–water partition coefficient (Wildman–Crippen LogP) is 2.71. The zero-order valence-corrected chi connectivity index (χ0v) is 9.30. The van der Waals surface area contributed by atoms with E-state index in [2.05, 4.69) is 6.07 Å². The maximum Gasteiger partial charge on any atom is 0.137 e. The van der Waals surface area contributed by atoms with Gasteiger partial charge in [-0.3, -0.25) is 4.79 Å². The molecule has 0 heterocycles. The first-order valence-corrected chi connectivity index (χ1v) is 5.64. The van der Waals surface area contributed by atoms with Crippen LogP contribution in [0, 0.1) is 18.3 Å².